The van der Waals surface area contributed by atoms with Gasteiger partial charge in [0.2, 0.25) is 0 Å². The van der Waals surface area contributed by atoms with Gasteiger partial charge < -0.3 is 0 Å². The van der Waals surface area contributed by atoms with Crippen molar-refractivity contribution in [1.29, 1.82) is 0 Å². The molecule has 106 valence electrons. The maximum atomic E-state index is 12.5. The Balaban J connectivity index is 2.10. The van der Waals surface area contributed by atoms with E-state index in [0.29, 0.717) is 6.42 Å². The fourth-order valence-corrected chi connectivity index (χ4v) is 2.93. The minimum Gasteiger partial charge on any atom is -0.166 e. The molecule has 0 fully saturated rings. The van der Waals surface area contributed by atoms with Crippen molar-refractivity contribution in [1.82, 2.24) is 0 Å². The van der Waals surface area contributed by atoms with E-state index in [1.165, 1.54) is 12.1 Å². The second-order valence-corrected chi connectivity index (χ2v) is 6.44. The summed E-state index contributed by atoms with van der Waals surface area (Å²) in [5.41, 5.74) is 1.33. The van der Waals surface area contributed by atoms with Gasteiger partial charge in [-0.2, -0.15) is 13.2 Å². The van der Waals surface area contributed by atoms with Crippen LogP contribution in [-0.4, -0.2) is 0 Å². The van der Waals surface area contributed by atoms with Gasteiger partial charge in [0.1, 0.15) is 0 Å². The van der Waals surface area contributed by atoms with Crippen LogP contribution >= 0.6 is 31.9 Å². The molecule has 0 aliphatic carbocycles. The van der Waals surface area contributed by atoms with Crippen molar-refractivity contribution >= 4 is 31.9 Å². The van der Waals surface area contributed by atoms with Crippen LogP contribution < -0.4 is 0 Å². The molecule has 0 N–H and O–H groups in total. The number of hydrogen-bond acceptors (Lipinski definition) is 0. The second kappa shape index (κ2) is 6.31. The van der Waals surface area contributed by atoms with E-state index in [2.05, 4.69) is 31.9 Å². The number of hydrogen-bond donors (Lipinski definition) is 0. The first-order valence-electron chi connectivity index (χ1n) is 5.92. The quantitative estimate of drug-likeness (QED) is 0.535. The lowest BCUT2D eigenvalue weighted by molar-refractivity contribution is -0.137. The Morgan fingerprint density at radius 2 is 1.65 bits per heavy atom. The van der Waals surface area contributed by atoms with Crippen LogP contribution in [0.4, 0.5) is 13.2 Å². The molecule has 0 aliphatic rings. The standard InChI is InChI=1S/C15H11Br2F3/c16-13-3-1-2-11(9-13)14(17)8-10-4-6-12(7-5-10)15(18,19)20/h1-7,9,14H,8H2. The molecule has 20 heavy (non-hydrogen) atoms. The van der Waals surface area contributed by atoms with Crippen LogP contribution in [-0.2, 0) is 12.6 Å². The third-order valence-corrected chi connectivity index (χ3v) is 4.25. The molecule has 2 aromatic rings. The van der Waals surface area contributed by atoms with Gasteiger partial charge in [-0.15, -0.1) is 0 Å². The number of rotatable bonds is 3. The molecule has 0 bridgehead atoms. The summed E-state index contributed by atoms with van der Waals surface area (Å²) in [5.74, 6) is 0. The Kier molecular flexibility index (Phi) is 4.91. The minimum atomic E-state index is -4.28. The number of benzene rings is 2. The van der Waals surface area contributed by atoms with Crippen LogP contribution in [0.5, 0.6) is 0 Å². The molecular formula is C15H11Br2F3. The molecule has 2 aromatic carbocycles. The van der Waals surface area contributed by atoms with E-state index < -0.39 is 11.7 Å². The zero-order chi connectivity index (χ0) is 14.8. The van der Waals surface area contributed by atoms with Crippen LogP contribution in [0.15, 0.2) is 53.0 Å². The lowest BCUT2D eigenvalue weighted by atomic mass is 10.0. The SMILES string of the molecule is FC(F)(F)c1ccc(CC(Br)c2cccc(Br)c2)cc1. The normalized spacial score (nSPS) is 13.2. The highest BCUT2D eigenvalue weighted by molar-refractivity contribution is 9.10. The zero-order valence-electron chi connectivity index (χ0n) is 10.3. The van der Waals surface area contributed by atoms with E-state index in [9.17, 15) is 13.2 Å². The van der Waals surface area contributed by atoms with Crippen LogP contribution in [0.25, 0.3) is 0 Å². The smallest absolute Gasteiger partial charge is 0.166 e. The van der Waals surface area contributed by atoms with E-state index in [1.807, 2.05) is 24.3 Å². The molecule has 0 saturated heterocycles. The zero-order valence-corrected chi connectivity index (χ0v) is 13.5. The summed E-state index contributed by atoms with van der Waals surface area (Å²) in [6, 6.07) is 13.1. The maximum Gasteiger partial charge on any atom is 0.416 e. The van der Waals surface area contributed by atoms with Gasteiger partial charge in [0.25, 0.3) is 0 Å². The van der Waals surface area contributed by atoms with Crippen molar-refractivity contribution in [3.05, 3.63) is 69.7 Å². The van der Waals surface area contributed by atoms with E-state index in [4.69, 9.17) is 0 Å². The summed E-state index contributed by atoms with van der Waals surface area (Å²) >= 11 is 6.97. The van der Waals surface area contributed by atoms with Gasteiger partial charge in [-0.25, -0.2) is 0 Å². The topological polar surface area (TPSA) is 0 Å². The second-order valence-electron chi connectivity index (χ2n) is 4.42. The molecule has 0 spiro atoms. The Hall–Kier alpha value is -0.810. The van der Waals surface area contributed by atoms with E-state index in [-0.39, 0.29) is 4.83 Å². The summed E-state index contributed by atoms with van der Waals surface area (Å²) in [4.78, 5) is 0.0664. The van der Waals surface area contributed by atoms with Crippen molar-refractivity contribution in [2.75, 3.05) is 0 Å². The summed E-state index contributed by atoms with van der Waals surface area (Å²) in [6.07, 6.45) is -3.65. The Morgan fingerprint density at radius 1 is 1.00 bits per heavy atom. The first kappa shape index (κ1) is 15.6. The summed E-state index contributed by atoms with van der Waals surface area (Å²) in [6.45, 7) is 0. The molecule has 5 heteroatoms. The van der Waals surface area contributed by atoms with Gasteiger partial charge in [-0.3, -0.25) is 0 Å². The lowest BCUT2D eigenvalue weighted by Crippen LogP contribution is -2.05. The van der Waals surface area contributed by atoms with Gasteiger partial charge >= 0.3 is 6.18 Å². The fourth-order valence-electron chi connectivity index (χ4n) is 1.86. The molecule has 0 aromatic heterocycles. The Morgan fingerprint density at radius 3 is 2.20 bits per heavy atom. The Labute approximate surface area is 132 Å². The van der Waals surface area contributed by atoms with Gasteiger partial charge in [-0.1, -0.05) is 56.1 Å². The highest BCUT2D eigenvalue weighted by atomic mass is 79.9. The molecule has 0 saturated carbocycles. The van der Waals surface area contributed by atoms with Gasteiger partial charge in [0.05, 0.1) is 5.56 Å². The molecule has 0 amide bonds. The van der Waals surface area contributed by atoms with Crippen LogP contribution in [0.1, 0.15) is 21.5 Å². The van der Waals surface area contributed by atoms with Gasteiger partial charge in [0.15, 0.2) is 0 Å². The van der Waals surface area contributed by atoms with Crippen molar-refractivity contribution < 1.29 is 13.2 Å². The maximum absolute atomic E-state index is 12.5. The van der Waals surface area contributed by atoms with E-state index in [0.717, 1.165) is 27.7 Å². The van der Waals surface area contributed by atoms with Crippen molar-refractivity contribution in [3.63, 3.8) is 0 Å². The average Bonchev–Trinajstić information content (AvgIpc) is 2.38. The monoisotopic (exact) mass is 406 g/mol. The van der Waals surface area contributed by atoms with Crippen LogP contribution in [0.2, 0.25) is 0 Å². The predicted octanol–water partition coefficient (Wildman–Crippen LogP) is 6.15. The predicted molar refractivity (Wildman–Crippen MR) is 81.0 cm³/mol. The number of halogens is 5. The molecule has 0 nitrogen and oxygen atoms in total. The largest absolute Gasteiger partial charge is 0.416 e. The molecule has 0 aliphatic heterocycles. The highest BCUT2D eigenvalue weighted by Crippen LogP contribution is 2.32. The average molecular weight is 408 g/mol. The third kappa shape index (κ3) is 4.09. The molecule has 0 radical (unpaired) electrons. The first-order chi connectivity index (χ1) is 9.36. The van der Waals surface area contributed by atoms with Crippen molar-refractivity contribution in [2.24, 2.45) is 0 Å². The minimum absolute atomic E-state index is 0.0664. The summed E-state index contributed by atoms with van der Waals surface area (Å²) < 4.78 is 38.4. The fraction of sp³-hybridized carbons (Fsp3) is 0.200. The van der Waals surface area contributed by atoms with Gasteiger partial charge in [0, 0.05) is 9.30 Å². The summed E-state index contributed by atoms with van der Waals surface area (Å²) in [5, 5.41) is 0. The Bertz CT molecular complexity index is 576. The molecular weight excluding hydrogens is 397 g/mol. The van der Waals surface area contributed by atoms with Crippen molar-refractivity contribution in [2.45, 2.75) is 17.4 Å². The van der Waals surface area contributed by atoms with Crippen molar-refractivity contribution in [3.8, 4) is 0 Å². The van der Waals surface area contributed by atoms with Crippen LogP contribution in [0.3, 0.4) is 0 Å². The number of alkyl halides is 4. The third-order valence-electron chi connectivity index (χ3n) is 2.91. The van der Waals surface area contributed by atoms with E-state index in [1.54, 1.807) is 0 Å². The molecule has 0 heterocycles. The molecule has 1 unspecified atom stereocenters. The van der Waals surface area contributed by atoms with Crippen LogP contribution in [0, 0.1) is 0 Å². The lowest BCUT2D eigenvalue weighted by Gasteiger charge is -2.12. The highest BCUT2D eigenvalue weighted by Gasteiger charge is 2.29. The summed E-state index contributed by atoms with van der Waals surface area (Å²) in [7, 11) is 0. The molecule has 1 atom stereocenters. The molecule has 2 rings (SSSR count). The van der Waals surface area contributed by atoms with Gasteiger partial charge in [-0.05, 0) is 41.8 Å². The van der Waals surface area contributed by atoms with E-state index >= 15 is 0 Å². The first-order valence-corrected chi connectivity index (χ1v) is 7.63.